The minimum atomic E-state index is -0.511. The molecule has 1 aromatic carbocycles. The molecule has 0 bridgehead atoms. The maximum absolute atomic E-state index is 13.0. The van der Waals surface area contributed by atoms with Gasteiger partial charge in [0, 0.05) is 35.9 Å². The molecule has 1 N–H and O–H groups in total. The van der Waals surface area contributed by atoms with Gasteiger partial charge in [0.2, 0.25) is 5.91 Å². The molecule has 1 fully saturated rings. The average molecular weight is 495 g/mol. The van der Waals surface area contributed by atoms with Crippen molar-refractivity contribution in [2.75, 3.05) is 19.6 Å². The van der Waals surface area contributed by atoms with Crippen LogP contribution in [-0.2, 0) is 16.0 Å². The Hall–Kier alpha value is -2.25. The van der Waals surface area contributed by atoms with Crippen molar-refractivity contribution < 1.29 is 14.3 Å². The van der Waals surface area contributed by atoms with Crippen molar-refractivity contribution in [1.29, 1.82) is 0 Å². The third-order valence-corrected chi connectivity index (χ3v) is 6.35. The maximum Gasteiger partial charge on any atom is 0.407 e. The number of aryl methyl sites for hydroxylation is 1. The quantitative estimate of drug-likeness (QED) is 0.626. The summed E-state index contributed by atoms with van der Waals surface area (Å²) in [7, 11) is 0. The number of hydrogen-bond donors (Lipinski definition) is 1. The molecule has 0 atom stereocenters. The van der Waals surface area contributed by atoms with Crippen LogP contribution in [0.3, 0.4) is 0 Å². The number of hydrogen-bond acceptors (Lipinski definition) is 4. The van der Waals surface area contributed by atoms with E-state index >= 15 is 0 Å². The molecular weight excluding hydrogens is 463 g/mol. The highest BCUT2D eigenvalue weighted by atomic mass is 35.5. The van der Waals surface area contributed by atoms with Crippen LogP contribution in [0.1, 0.15) is 50.6 Å². The molecule has 0 saturated carbocycles. The predicted octanol–water partition coefficient (Wildman–Crippen LogP) is 5.10. The zero-order valence-corrected chi connectivity index (χ0v) is 21.4. The first-order chi connectivity index (χ1) is 15.4. The van der Waals surface area contributed by atoms with Crippen LogP contribution >= 0.6 is 23.2 Å². The Balaban J connectivity index is 1.56. The summed E-state index contributed by atoms with van der Waals surface area (Å²) >= 11 is 12.4. The summed E-state index contributed by atoms with van der Waals surface area (Å²) in [5.74, 6) is 0.418. The monoisotopic (exact) mass is 494 g/mol. The van der Waals surface area contributed by atoms with Crippen molar-refractivity contribution in [2.45, 2.75) is 59.5 Å². The van der Waals surface area contributed by atoms with Gasteiger partial charge in [-0.2, -0.15) is 5.10 Å². The second kappa shape index (κ2) is 10.3. The Morgan fingerprint density at radius 1 is 1.18 bits per heavy atom. The van der Waals surface area contributed by atoms with Gasteiger partial charge in [0.05, 0.1) is 22.8 Å². The second-order valence-corrected chi connectivity index (χ2v) is 10.4. The number of carbonyl (C=O) groups is 2. The van der Waals surface area contributed by atoms with E-state index in [4.69, 9.17) is 27.9 Å². The van der Waals surface area contributed by atoms with Crippen LogP contribution in [-0.4, -0.2) is 51.9 Å². The third kappa shape index (κ3) is 6.64. The van der Waals surface area contributed by atoms with E-state index in [1.807, 2.05) is 45.6 Å². The number of carbonyl (C=O) groups excluding carboxylic acids is 2. The topological polar surface area (TPSA) is 76.5 Å². The number of nitrogens with one attached hydrogen (secondary N) is 1. The number of likely N-dealkylation sites (tertiary alicyclic amines) is 1. The zero-order chi connectivity index (χ0) is 24.3. The summed E-state index contributed by atoms with van der Waals surface area (Å²) in [6.45, 7) is 11.3. The van der Waals surface area contributed by atoms with E-state index in [-0.39, 0.29) is 5.91 Å². The highest BCUT2D eigenvalue weighted by Crippen LogP contribution is 2.27. The van der Waals surface area contributed by atoms with Crippen LogP contribution in [0.25, 0.3) is 5.69 Å². The van der Waals surface area contributed by atoms with Crippen LogP contribution in [0.5, 0.6) is 0 Å². The van der Waals surface area contributed by atoms with Gasteiger partial charge in [0.25, 0.3) is 0 Å². The fourth-order valence-electron chi connectivity index (χ4n) is 4.01. The molecule has 3 rings (SSSR count). The molecule has 0 radical (unpaired) electrons. The molecule has 0 spiro atoms. The molecule has 1 aliphatic heterocycles. The lowest BCUT2D eigenvalue weighted by molar-refractivity contribution is -0.131. The number of piperidine rings is 1. The Morgan fingerprint density at radius 3 is 2.45 bits per heavy atom. The minimum Gasteiger partial charge on any atom is -0.444 e. The number of halogens is 2. The third-order valence-electron chi connectivity index (χ3n) is 5.81. The summed E-state index contributed by atoms with van der Waals surface area (Å²) < 4.78 is 7.06. The number of rotatable bonds is 5. The second-order valence-electron chi connectivity index (χ2n) is 9.54. The summed E-state index contributed by atoms with van der Waals surface area (Å²) in [5.41, 5.74) is 2.84. The molecule has 2 amide bonds. The summed E-state index contributed by atoms with van der Waals surface area (Å²) in [4.78, 5) is 26.8. The molecule has 1 aromatic heterocycles. The Labute approximate surface area is 205 Å². The smallest absolute Gasteiger partial charge is 0.407 e. The van der Waals surface area contributed by atoms with Gasteiger partial charge < -0.3 is 15.0 Å². The van der Waals surface area contributed by atoms with E-state index < -0.39 is 11.7 Å². The number of nitrogens with zero attached hydrogens (tertiary/aromatic N) is 3. The Kier molecular flexibility index (Phi) is 7.96. The van der Waals surface area contributed by atoms with Crippen molar-refractivity contribution in [3.63, 3.8) is 0 Å². The lowest BCUT2D eigenvalue weighted by atomic mass is 9.96. The van der Waals surface area contributed by atoms with Gasteiger partial charge in [-0.15, -0.1) is 0 Å². The predicted molar refractivity (Wildman–Crippen MR) is 130 cm³/mol. The number of aromatic nitrogens is 2. The van der Waals surface area contributed by atoms with Gasteiger partial charge in [0.1, 0.15) is 5.60 Å². The van der Waals surface area contributed by atoms with Crippen LogP contribution < -0.4 is 5.32 Å². The molecular formula is C24H32Cl2N4O3. The molecule has 0 aliphatic carbocycles. The number of ether oxygens (including phenoxy) is 1. The molecule has 180 valence electrons. The summed E-state index contributed by atoms with van der Waals surface area (Å²) in [6.07, 6.45) is 1.59. The number of amides is 2. The van der Waals surface area contributed by atoms with Gasteiger partial charge in [-0.05, 0) is 71.6 Å². The highest BCUT2D eigenvalue weighted by Gasteiger charge is 2.26. The fourth-order valence-corrected chi connectivity index (χ4v) is 4.50. The first-order valence-corrected chi connectivity index (χ1v) is 12.0. The molecule has 0 unspecified atom stereocenters. The number of alkyl carbamates (subject to hydrolysis) is 1. The Bertz CT molecular complexity index is 1020. The van der Waals surface area contributed by atoms with Crippen molar-refractivity contribution in [2.24, 2.45) is 5.92 Å². The van der Waals surface area contributed by atoms with E-state index in [0.29, 0.717) is 42.0 Å². The van der Waals surface area contributed by atoms with Gasteiger partial charge >= 0.3 is 6.09 Å². The van der Waals surface area contributed by atoms with E-state index in [0.717, 1.165) is 35.5 Å². The SMILES string of the molecule is Cc1nn(-c2ccc(Cl)cc2Cl)c(C)c1CC(=O)N1CCC(CNC(=O)OC(C)(C)C)CC1. The van der Waals surface area contributed by atoms with Crippen molar-refractivity contribution >= 4 is 35.2 Å². The van der Waals surface area contributed by atoms with E-state index in [9.17, 15) is 9.59 Å². The lowest BCUT2D eigenvalue weighted by Crippen LogP contribution is -2.43. The summed E-state index contributed by atoms with van der Waals surface area (Å²) in [5, 5.41) is 8.52. The first-order valence-electron chi connectivity index (χ1n) is 11.2. The van der Waals surface area contributed by atoms with Crippen LogP contribution in [0.4, 0.5) is 4.79 Å². The molecule has 33 heavy (non-hydrogen) atoms. The molecule has 1 aliphatic rings. The van der Waals surface area contributed by atoms with Crippen molar-refractivity contribution in [3.8, 4) is 5.69 Å². The van der Waals surface area contributed by atoms with E-state index in [1.165, 1.54) is 0 Å². The number of benzene rings is 1. The van der Waals surface area contributed by atoms with Crippen LogP contribution in [0.2, 0.25) is 10.0 Å². The van der Waals surface area contributed by atoms with E-state index in [2.05, 4.69) is 10.4 Å². The summed E-state index contributed by atoms with van der Waals surface area (Å²) in [6, 6.07) is 5.28. The maximum atomic E-state index is 13.0. The highest BCUT2D eigenvalue weighted by molar-refractivity contribution is 6.35. The lowest BCUT2D eigenvalue weighted by Gasteiger charge is -2.32. The largest absolute Gasteiger partial charge is 0.444 e. The van der Waals surface area contributed by atoms with Gasteiger partial charge in [-0.1, -0.05) is 23.2 Å². The van der Waals surface area contributed by atoms with Crippen molar-refractivity contribution in [1.82, 2.24) is 20.0 Å². The van der Waals surface area contributed by atoms with Gasteiger partial charge in [-0.3, -0.25) is 4.79 Å². The molecule has 9 heteroatoms. The fraction of sp³-hybridized carbons (Fsp3) is 0.542. The molecule has 1 saturated heterocycles. The molecule has 2 heterocycles. The standard InChI is InChI=1S/C24H32Cl2N4O3/c1-15-19(16(2)30(28-15)21-7-6-18(25)12-20(21)26)13-22(31)29-10-8-17(9-11-29)14-27-23(32)33-24(3,4)5/h6-7,12,17H,8-11,13-14H2,1-5H3,(H,27,32). The van der Waals surface area contributed by atoms with Gasteiger partial charge in [-0.25, -0.2) is 9.48 Å². The van der Waals surface area contributed by atoms with Crippen molar-refractivity contribution in [3.05, 3.63) is 45.2 Å². The molecule has 2 aromatic rings. The van der Waals surface area contributed by atoms with Crippen LogP contribution in [0, 0.1) is 19.8 Å². The van der Waals surface area contributed by atoms with Crippen LogP contribution in [0.15, 0.2) is 18.2 Å². The average Bonchev–Trinajstić information content (AvgIpc) is 2.99. The normalized spacial score (nSPS) is 14.9. The Morgan fingerprint density at radius 2 is 1.85 bits per heavy atom. The van der Waals surface area contributed by atoms with Gasteiger partial charge in [0.15, 0.2) is 0 Å². The first kappa shape index (κ1) is 25.4. The zero-order valence-electron chi connectivity index (χ0n) is 19.9. The van der Waals surface area contributed by atoms with E-state index in [1.54, 1.807) is 16.8 Å². The minimum absolute atomic E-state index is 0.0847. The molecule has 7 nitrogen and oxygen atoms in total.